The molecule has 0 atom stereocenters. The third-order valence-electron chi connectivity index (χ3n) is 3.95. The number of anilines is 1. The standard InChI is InChI=1S/C19H16N6O2/c1-27-17-9-13(7-8-16(17)26)10-22-24-18-15-11-23-25(19(15)21-12-20-18)14-5-3-2-4-6-14/h2-12,26H,1H3,(H,20,21,24)/b22-10+. The molecule has 27 heavy (non-hydrogen) atoms. The van der Waals surface area contributed by atoms with Gasteiger partial charge in [0.15, 0.2) is 23.0 Å². The summed E-state index contributed by atoms with van der Waals surface area (Å²) in [7, 11) is 1.50. The number of benzene rings is 2. The molecule has 0 saturated heterocycles. The largest absolute Gasteiger partial charge is 0.504 e. The molecule has 0 aliphatic carbocycles. The van der Waals surface area contributed by atoms with Crippen LogP contribution in [-0.2, 0) is 0 Å². The summed E-state index contributed by atoms with van der Waals surface area (Å²) in [5.41, 5.74) is 5.28. The molecular formula is C19H16N6O2. The molecule has 0 saturated carbocycles. The van der Waals surface area contributed by atoms with E-state index in [4.69, 9.17) is 4.74 Å². The highest BCUT2D eigenvalue weighted by molar-refractivity contribution is 5.88. The summed E-state index contributed by atoms with van der Waals surface area (Å²) in [5.74, 6) is 1.00. The number of aromatic hydroxyl groups is 1. The minimum Gasteiger partial charge on any atom is -0.504 e. The van der Waals surface area contributed by atoms with Gasteiger partial charge in [0.05, 0.1) is 30.6 Å². The van der Waals surface area contributed by atoms with Crippen molar-refractivity contribution in [3.8, 4) is 17.2 Å². The molecule has 4 rings (SSSR count). The van der Waals surface area contributed by atoms with Crippen molar-refractivity contribution in [1.29, 1.82) is 0 Å². The number of ether oxygens (including phenoxy) is 1. The predicted molar refractivity (Wildman–Crippen MR) is 103 cm³/mol. The van der Waals surface area contributed by atoms with Crippen LogP contribution < -0.4 is 10.2 Å². The minimum absolute atomic E-state index is 0.0773. The number of rotatable bonds is 5. The van der Waals surface area contributed by atoms with Gasteiger partial charge in [-0.15, -0.1) is 0 Å². The van der Waals surface area contributed by atoms with E-state index in [2.05, 4.69) is 25.6 Å². The van der Waals surface area contributed by atoms with Crippen LogP contribution in [0.2, 0.25) is 0 Å². The van der Waals surface area contributed by atoms with Crippen LogP contribution >= 0.6 is 0 Å². The van der Waals surface area contributed by atoms with Crippen molar-refractivity contribution in [2.24, 2.45) is 5.10 Å². The van der Waals surface area contributed by atoms with Crippen molar-refractivity contribution >= 4 is 23.1 Å². The molecule has 8 nitrogen and oxygen atoms in total. The number of aromatic nitrogens is 4. The van der Waals surface area contributed by atoms with Crippen LogP contribution in [0.25, 0.3) is 16.7 Å². The van der Waals surface area contributed by atoms with Crippen molar-refractivity contribution in [1.82, 2.24) is 19.7 Å². The summed E-state index contributed by atoms with van der Waals surface area (Å²) in [6, 6.07) is 14.7. The maximum Gasteiger partial charge on any atom is 0.168 e. The van der Waals surface area contributed by atoms with Crippen LogP contribution in [0.4, 0.5) is 5.82 Å². The number of nitrogens with one attached hydrogen (secondary N) is 1. The third-order valence-corrected chi connectivity index (χ3v) is 3.95. The van der Waals surface area contributed by atoms with E-state index >= 15 is 0 Å². The van der Waals surface area contributed by atoms with E-state index in [-0.39, 0.29) is 5.75 Å². The van der Waals surface area contributed by atoms with E-state index in [1.165, 1.54) is 13.4 Å². The van der Waals surface area contributed by atoms with Crippen LogP contribution in [0.1, 0.15) is 5.56 Å². The molecule has 4 aromatic rings. The Morgan fingerprint density at radius 3 is 2.81 bits per heavy atom. The average molecular weight is 360 g/mol. The predicted octanol–water partition coefficient (Wildman–Crippen LogP) is 2.98. The van der Waals surface area contributed by atoms with Gasteiger partial charge in [0.25, 0.3) is 0 Å². The summed E-state index contributed by atoms with van der Waals surface area (Å²) in [4.78, 5) is 8.57. The molecular weight excluding hydrogens is 344 g/mol. The summed E-state index contributed by atoms with van der Waals surface area (Å²) in [6.45, 7) is 0. The van der Waals surface area contributed by atoms with Gasteiger partial charge in [-0.3, -0.25) is 5.43 Å². The molecule has 0 aliphatic heterocycles. The normalized spacial score (nSPS) is 11.1. The molecule has 2 N–H and O–H groups in total. The molecule has 0 radical (unpaired) electrons. The molecule has 0 aliphatic rings. The topological polar surface area (TPSA) is 97.5 Å². The summed E-state index contributed by atoms with van der Waals surface area (Å²) in [6.07, 6.45) is 4.77. The van der Waals surface area contributed by atoms with Gasteiger partial charge in [-0.05, 0) is 35.9 Å². The third kappa shape index (κ3) is 3.28. The number of phenols is 1. The Balaban J connectivity index is 1.61. The Bertz CT molecular complexity index is 1110. The van der Waals surface area contributed by atoms with Gasteiger partial charge in [0.1, 0.15) is 6.33 Å². The van der Waals surface area contributed by atoms with E-state index in [9.17, 15) is 5.11 Å². The number of hydrazone groups is 1. The second-order valence-corrected chi connectivity index (χ2v) is 5.65. The molecule has 2 aromatic carbocycles. The Morgan fingerprint density at radius 2 is 2.00 bits per heavy atom. The monoisotopic (exact) mass is 360 g/mol. The van der Waals surface area contributed by atoms with Gasteiger partial charge in [-0.25, -0.2) is 14.6 Å². The second-order valence-electron chi connectivity index (χ2n) is 5.65. The molecule has 134 valence electrons. The number of phenolic OH excluding ortho intramolecular Hbond substituents is 1. The zero-order chi connectivity index (χ0) is 18.6. The van der Waals surface area contributed by atoms with E-state index in [0.717, 1.165) is 16.6 Å². The zero-order valence-electron chi connectivity index (χ0n) is 14.4. The van der Waals surface area contributed by atoms with E-state index in [0.29, 0.717) is 17.2 Å². The second kappa shape index (κ2) is 7.12. The molecule has 8 heteroatoms. The SMILES string of the molecule is COc1cc(/C=N/Nc2ncnc3c2cnn3-c2ccccc2)ccc1O. The molecule has 0 spiro atoms. The number of hydrogen-bond acceptors (Lipinski definition) is 7. The Kier molecular flexibility index (Phi) is 4.36. The minimum atomic E-state index is 0.0773. The molecule has 0 bridgehead atoms. The van der Waals surface area contributed by atoms with Crippen LogP contribution in [0.5, 0.6) is 11.5 Å². The first-order chi connectivity index (χ1) is 13.3. The van der Waals surface area contributed by atoms with Crippen molar-refractivity contribution < 1.29 is 9.84 Å². The lowest BCUT2D eigenvalue weighted by atomic mass is 10.2. The van der Waals surface area contributed by atoms with Crippen molar-refractivity contribution in [2.75, 3.05) is 12.5 Å². The number of nitrogens with zero attached hydrogens (tertiary/aromatic N) is 5. The first kappa shape index (κ1) is 16.5. The van der Waals surface area contributed by atoms with Crippen LogP contribution in [0.3, 0.4) is 0 Å². The summed E-state index contributed by atoms with van der Waals surface area (Å²) >= 11 is 0. The van der Waals surface area contributed by atoms with Gasteiger partial charge in [0, 0.05) is 0 Å². The molecule has 2 aromatic heterocycles. The smallest absolute Gasteiger partial charge is 0.168 e. The fourth-order valence-corrected chi connectivity index (χ4v) is 2.63. The van der Waals surface area contributed by atoms with E-state index in [1.54, 1.807) is 35.3 Å². The Labute approximate surface area is 154 Å². The summed E-state index contributed by atoms with van der Waals surface area (Å²) < 4.78 is 6.84. The number of para-hydroxylation sites is 1. The molecule has 0 fully saturated rings. The van der Waals surface area contributed by atoms with E-state index in [1.807, 2.05) is 30.3 Å². The fraction of sp³-hybridized carbons (Fsp3) is 0.0526. The van der Waals surface area contributed by atoms with Gasteiger partial charge in [-0.2, -0.15) is 10.2 Å². The lowest BCUT2D eigenvalue weighted by Gasteiger charge is -2.04. The van der Waals surface area contributed by atoms with Gasteiger partial charge in [-0.1, -0.05) is 18.2 Å². The maximum absolute atomic E-state index is 9.64. The average Bonchev–Trinajstić information content (AvgIpc) is 3.15. The highest BCUT2D eigenvalue weighted by atomic mass is 16.5. The lowest BCUT2D eigenvalue weighted by Crippen LogP contribution is -1.99. The van der Waals surface area contributed by atoms with Gasteiger partial charge in [0.2, 0.25) is 0 Å². The first-order valence-electron chi connectivity index (χ1n) is 8.16. The van der Waals surface area contributed by atoms with Crippen LogP contribution in [-0.4, -0.2) is 38.2 Å². The fourth-order valence-electron chi connectivity index (χ4n) is 2.63. The first-order valence-corrected chi connectivity index (χ1v) is 8.16. The van der Waals surface area contributed by atoms with Crippen molar-refractivity contribution in [3.63, 3.8) is 0 Å². The maximum atomic E-state index is 9.64. The lowest BCUT2D eigenvalue weighted by molar-refractivity contribution is 0.373. The van der Waals surface area contributed by atoms with Crippen molar-refractivity contribution in [3.05, 3.63) is 66.6 Å². The van der Waals surface area contributed by atoms with Crippen LogP contribution in [0, 0.1) is 0 Å². The number of methoxy groups -OCH3 is 1. The summed E-state index contributed by atoms with van der Waals surface area (Å²) in [5, 5.41) is 19.0. The molecule has 2 heterocycles. The van der Waals surface area contributed by atoms with Crippen LogP contribution in [0.15, 0.2) is 66.2 Å². The Hall–Kier alpha value is -3.94. The van der Waals surface area contributed by atoms with Gasteiger partial charge < -0.3 is 9.84 Å². The molecule has 0 amide bonds. The highest BCUT2D eigenvalue weighted by Gasteiger charge is 2.10. The Morgan fingerprint density at radius 1 is 1.15 bits per heavy atom. The quantitative estimate of drug-likeness (QED) is 0.419. The molecule has 0 unspecified atom stereocenters. The number of fused-ring (bicyclic) bond motifs is 1. The zero-order valence-corrected chi connectivity index (χ0v) is 14.4. The highest BCUT2D eigenvalue weighted by Crippen LogP contribution is 2.25. The van der Waals surface area contributed by atoms with Gasteiger partial charge >= 0.3 is 0 Å². The number of hydrogen-bond donors (Lipinski definition) is 2. The van der Waals surface area contributed by atoms with Crippen molar-refractivity contribution in [2.45, 2.75) is 0 Å². The van der Waals surface area contributed by atoms with E-state index < -0.39 is 0 Å².